The summed E-state index contributed by atoms with van der Waals surface area (Å²) in [6, 6.07) is 0. The molecule has 0 amide bonds. The first-order valence-electron chi connectivity index (χ1n) is 7.70. The summed E-state index contributed by atoms with van der Waals surface area (Å²) in [6.45, 7) is 14.5. The molecule has 23 heavy (non-hydrogen) atoms. The number of aliphatic hydroxyl groups is 1. The van der Waals surface area contributed by atoms with Crippen molar-refractivity contribution in [2.75, 3.05) is 0 Å². The molecule has 0 aromatic heterocycles. The number of oxime groups is 1. The zero-order valence-electron chi connectivity index (χ0n) is 15.1. The molecule has 0 atom stereocenters. The summed E-state index contributed by atoms with van der Waals surface area (Å²) >= 11 is 0. The molecule has 1 N–H and O–H groups in total. The Labute approximate surface area is 137 Å². The van der Waals surface area contributed by atoms with Crippen molar-refractivity contribution in [2.24, 2.45) is 5.16 Å². The molecule has 1 aliphatic heterocycles. The monoisotopic (exact) mass is 319 g/mol. The van der Waals surface area contributed by atoms with Crippen LogP contribution in [0.1, 0.15) is 60.3 Å². The van der Waals surface area contributed by atoms with Crippen molar-refractivity contribution in [1.82, 2.24) is 0 Å². The summed E-state index contributed by atoms with van der Waals surface area (Å²) in [6.07, 6.45) is 0. The number of ether oxygens (including phenoxy) is 1. The van der Waals surface area contributed by atoms with E-state index in [1.807, 2.05) is 27.7 Å². The average Bonchev–Trinajstić information content (AvgIpc) is 2.77. The van der Waals surface area contributed by atoms with Crippen LogP contribution >= 0.6 is 0 Å². The van der Waals surface area contributed by atoms with Crippen molar-refractivity contribution in [3.8, 4) is 5.75 Å². The minimum atomic E-state index is -1.12. The second kappa shape index (κ2) is 5.34. The van der Waals surface area contributed by atoms with Crippen LogP contribution in [0, 0.1) is 27.7 Å². The fourth-order valence-corrected chi connectivity index (χ4v) is 2.26. The Hall–Kier alpha value is -1.88. The maximum Gasteiger partial charge on any atom is 0.304 e. The van der Waals surface area contributed by atoms with E-state index in [2.05, 4.69) is 5.16 Å². The molecule has 0 bridgehead atoms. The normalized spacial score (nSPS) is 16.6. The van der Waals surface area contributed by atoms with E-state index in [0.29, 0.717) is 11.3 Å². The zero-order chi connectivity index (χ0) is 17.7. The highest BCUT2D eigenvalue weighted by molar-refractivity contribution is 6.47. The van der Waals surface area contributed by atoms with Crippen molar-refractivity contribution in [3.05, 3.63) is 27.8 Å². The van der Waals surface area contributed by atoms with Crippen LogP contribution in [0.2, 0.25) is 0 Å². The Morgan fingerprint density at radius 2 is 1.48 bits per heavy atom. The Kier molecular flexibility index (Phi) is 4.06. The number of nitrogens with zero attached hydrogens (tertiary/aromatic N) is 1. The summed E-state index contributed by atoms with van der Waals surface area (Å²) in [7, 11) is 0. The molecule has 0 fully saturated rings. The van der Waals surface area contributed by atoms with E-state index in [9.17, 15) is 9.90 Å². The van der Waals surface area contributed by atoms with Crippen LogP contribution < -0.4 is 4.74 Å². The van der Waals surface area contributed by atoms with Gasteiger partial charge < -0.3 is 14.7 Å². The number of benzene rings is 1. The lowest BCUT2D eigenvalue weighted by Crippen LogP contribution is -2.46. The maximum atomic E-state index is 12.6. The molecule has 1 aliphatic rings. The minimum Gasteiger partial charge on any atom is -0.433 e. The first-order valence-corrected chi connectivity index (χ1v) is 7.70. The van der Waals surface area contributed by atoms with Crippen molar-refractivity contribution in [1.29, 1.82) is 0 Å². The number of ketones is 1. The topological polar surface area (TPSA) is 68.1 Å². The molecule has 0 saturated heterocycles. The molecule has 126 valence electrons. The third kappa shape index (κ3) is 2.74. The number of rotatable bonds is 3. The van der Waals surface area contributed by atoms with Crippen LogP contribution in [0.25, 0.3) is 0 Å². The van der Waals surface area contributed by atoms with E-state index in [-0.39, 0.29) is 11.7 Å². The molecule has 5 nitrogen and oxygen atoms in total. The average molecular weight is 319 g/mol. The second-order valence-electron chi connectivity index (χ2n) is 7.19. The Morgan fingerprint density at radius 1 is 0.957 bits per heavy atom. The van der Waals surface area contributed by atoms with Gasteiger partial charge in [0.05, 0.1) is 5.56 Å². The summed E-state index contributed by atoms with van der Waals surface area (Å²) in [5.74, 6) is 0.183. The minimum absolute atomic E-state index is 0.0893. The Balaban J connectivity index is 2.41. The summed E-state index contributed by atoms with van der Waals surface area (Å²) in [5.41, 5.74) is 2.49. The number of carbonyl (C=O) groups is 1. The van der Waals surface area contributed by atoms with Crippen molar-refractivity contribution < 1.29 is 19.5 Å². The number of hydrogen-bond donors (Lipinski definition) is 1. The van der Waals surface area contributed by atoms with E-state index < -0.39 is 11.2 Å². The molecule has 0 radical (unpaired) electrons. The zero-order valence-corrected chi connectivity index (χ0v) is 15.1. The van der Waals surface area contributed by atoms with Crippen LogP contribution in [-0.4, -0.2) is 28.0 Å². The molecule has 0 spiro atoms. The predicted molar refractivity (Wildman–Crippen MR) is 89.2 cm³/mol. The van der Waals surface area contributed by atoms with Crippen LogP contribution in [0.3, 0.4) is 0 Å². The second-order valence-corrected chi connectivity index (χ2v) is 7.19. The molecule has 1 heterocycles. The largest absolute Gasteiger partial charge is 0.433 e. The predicted octanol–water partition coefficient (Wildman–Crippen LogP) is 3.37. The van der Waals surface area contributed by atoms with Gasteiger partial charge in [0.2, 0.25) is 0 Å². The standard InChI is InChI=1S/C18H25NO4/c1-9-10(2)12(4)15-13(11(9)3)14(20)16(22-15)19-23-18(7,8)17(5,6)21/h21H,1-8H3/b19-16+. The third-order valence-electron chi connectivity index (χ3n) is 5.08. The van der Waals surface area contributed by atoms with Crippen LogP contribution in [-0.2, 0) is 4.84 Å². The van der Waals surface area contributed by atoms with Crippen molar-refractivity contribution >= 4 is 11.7 Å². The molecule has 1 aromatic rings. The van der Waals surface area contributed by atoms with Crippen molar-refractivity contribution in [3.63, 3.8) is 0 Å². The van der Waals surface area contributed by atoms with E-state index in [4.69, 9.17) is 9.57 Å². The van der Waals surface area contributed by atoms with Gasteiger partial charge >= 0.3 is 5.90 Å². The van der Waals surface area contributed by atoms with E-state index in [1.54, 1.807) is 27.7 Å². The maximum absolute atomic E-state index is 12.6. The highest BCUT2D eigenvalue weighted by Crippen LogP contribution is 2.37. The molecule has 0 aliphatic carbocycles. The fourth-order valence-electron chi connectivity index (χ4n) is 2.26. The Morgan fingerprint density at radius 3 is 2.00 bits per heavy atom. The molecule has 0 unspecified atom stereocenters. The number of fused-ring (bicyclic) bond motifs is 1. The van der Waals surface area contributed by atoms with Gasteiger partial charge in [-0.15, -0.1) is 0 Å². The van der Waals surface area contributed by atoms with Gasteiger partial charge in [0.25, 0.3) is 5.78 Å². The summed E-state index contributed by atoms with van der Waals surface area (Å²) in [5, 5.41) is 14.0. The lowest BCUT2D eigenvalue weighted by Gasteiger charge is -2.34. The van der Waals surface area contributed by atoms with Crippen molar-refractivity contribution in [2.45, 2.75) is 66.6 Å². The first-order chi connectivity index (χ1) is 10.4. The molecular weight excluding hydrogens is 294 g/mol. The van der Waals surface area contributed by atoms with Gasteiger partial charge in [-0.2, -0.15) is 0 Å². The molecule has 0 saturated carbocycles. The SMILES string of the molecule is Cc1c(C)c(C)c2c(c1C)O/C(=N/OC(C)(C)C(C)(C)O)C2=O. The number of hydrogen-bond acceptors (Lipinski definition) is 5. The molecule has 2 rings (SSSR count). The van der Waals surface area contributed by atoms with E-state index in [1.165, 1.54) is 0 Å². The van der Waals surface area contributed by atoms with Crippen LogP contribution in [0.15, 0.2) is 5.16 Å². The van der Waals surface area contributed by atoms with Gasteiger partial charge in [-0.25, -0.2) is 0 Å². The first kappa shape index (κ1) is 17.5. The van der Waals surface area contributed by atoms with E-state index >= 15 is 0 Å². The Bertz CT molecular complexity index is 709. The smallest absolute Gasteiger partial charge is 0.304 e. The van der Waals surface area contributed by atoms with Gasteiger partial charge in [0.15, 0.2) is 5.60 Å². The van der Waals surface area contributed by atoms with Crippen LogP contribution in [0.4, 0.5) is 0 Å². The van der Waals surface area contributed by atoms with Gasteiger partial charge in [0, 0.05) is 0 Å². The molecular formula is C18H25NO4. The number of carbonyl (C=O) groups excluding carboxylic acids is 1. The number of Topliss-reactive ketones (excluding diaryl/α,β-unsaturated/α-hetero) is 1. The van der Waals surface area contributed by atoms with Gasteiger partial charge in [-0.1, -0.05) is 0 Å². The van der Waals surface area contributed by atoms with Gasteiger partial charge in [-0.05, 0) is 82.8 Å². The third-order valence-corrected chi connectivity index (χ3v) is 5.08. The van der Waals surface area contributed by atoms with E-state index in [0.717, 1.165) is 22.3 Å². The van der Waals surface area contributed by atoms with Gasteiger partial charge in [-0.3, -0.25) is 4.79 Å². The molecule has 1 aromatic carbocycles. The molecule has 5 heteroatoms. The summed E-state index contributed by atoms with van der Waals surface area (Å²) < 4.78 is 5.67. The lowest BCUT2D eigenvalue weighted by atomic mass is 9.90. The highest BCUT2D eigenvalue weighted by atomic mass is 16.7. The van der Waals surface area contributed by atoms with Gasteiger partial charge in [0.1, 0.15) is 11.4 Å². The lowest BCUT2D eigenvalue weighted by molar-refractivity contribution is -0.147. The summed E-state index contributed by atoms with van der Waals surface area (Å²) in [4.78, 5) is 18.0. The van der Waals surface area contributed by atoms with Crippen LogP contribution in [0.5, 0.6) is 5.75 Å². The quantitative estimate of drug-likeness (QED) is 0.867. The fraction of sp³-hybridized carbons (Fsp3) is 0.556. The highest BCUT2D eigenvalue weighted by Gasteiger charge is 2.40.